The van der Waals surface area contributed by atoms with Crippen molar-refractivity contribution in [2.24, 2.45) is 0 Å². The third-order valence-electron chi connectivity index (χ3n) is 3.40. The maximum atomic E-state index is 8.95. The molecule has 5 nitrogen and oxygen atoms in total. The van der Waals surface area contributed by atoms with E-state index >= 15 is 0 Å². The molecular weight excluding hydrogens is 240 g/mol. The van der Waals surface area contributed by atoms with Gasteiger partial charge in [0, 0.05) is 32.4 Å². The van der Waals surface area contributed by atoms with E-state index in [1.54, 1.807) is 6.20 Å². The summed E-state index contributed by atoms with van der Waals surface area (Å²) in [6, 6.07) is 6.12. The standard InChI is InChI=1S/C14H20N4O/c1-3-19-13-5-4-6-16-14(13)18-9-7-17(8-10-18)12(2)11-15/h4-6,12H,3,7-10H2,1-2H3. The zero-order valence-corrected chi connectivity index (χ0v) is 11.5. The number of ether oxygens (including phenoxy) is 1. The molecule has 0 bridgehead atoms. The largest absolute Gasteiger partial charge is 0.490 e. The molecule has 1 aromatic heterocycles. The minimum absolute atomic E-state index is 0.0164. The molecular formula is C14H20N4O. The van der Waals surface area contributed by atoms with Crippen LogP contribution in [0.2, 0.25) is 0 Å². The smallest absolute Gasteiger partial charge is 0.171 e. The highest BCUT2D eigenvalue weighted by Crippen LogP contribution is 2.26. The molecule has 102 valence electrons. The van der Waals surface area contributed by atoms with E-state index in [9.17, 15) is 0 Å². The molecule has 0 saturated carbocycles. The van der Waals surface area contributed by atoms with Crippen molar-refractivity contribution in [3.8, 4) is 11.8 Å². The lowest BCUT2D eigenvalue weighted by Crippen LogP contribution is -2.49. The molecule has 1 unspecified atom stereocenters. The van der Waals surface area contributed by atoms with Gasteiger partial charge in [0.25, 0.3) is 0 Å². The maximum absolute atomic E-state index is 8.95. The Morgan fingerprint density at radius 1 is 1.42 bits per heavy atom. The number of nitriles is 1. The quantitative estimate of drug-likeness (QED) is 0.821. The SMILES string of the molecule is CCOc1cccnc1N1CCN(C(C)C#N)CC1. The van der Waals surface area contributed by atoms with Crippen molar-refractivity contribution < 1.29 is 4.74 Å². The second-order valence-corrected chi connectivity index (χ2v) is 4.59. The normalized spacial score (nSPS) is 17.8. The lowest BCUT2D eigenvalue weighted by Gasteiger charge is -2.36. The van der Waals surface area contributed by atoms with E-state index in [4.69, 9.17) is 10.00 Å². The number of pyridine rings is 1. The predicted octanol–water partition coefficient (Wildman–Crippen LogP) is 1.51. The number of aromatic nitrogens is 1. The molecule has 1 aliphatic rings. The molecule has 0 radical (unpaired) electrons. The molecule has 0 N–H and O–H groups in total. The first-order chi connectivity index (χ1) is 9.26. The van der Waals surface area contributed by atoms with Gasteiger partial charge in [-0.2, -0.15) is 5.26 Å². The Morgan fingerprint density at radius 2 is 2.16 bits per heavy atom. The van der Waals surface area contributed by atoms with Gasteiger partial charge in [0.2, 0.25) is 0 Å². The molecule has 1 aromatic rings. The average molecular weight is 260 g/mol. The molecule has 5 heteroatoms. The first-order valence-corrected chi connectivity index (χ1v) is 6.72. The van der Waals surface area contributed by atoms with Crippen LogP contribution in [-0.4, -0.2) is 48.7 Å². The minimum Gasteiger partial charge on any atom is -0.490 e. The minimum atomic E-state index is -0.0164. The number of rotatable bonds is 4. The Kier molecular flexibility index (Phi) is 4.58. The molecule has 19 heavy (non-hydrogen) atoms. The van der Waals surface area contributed by atoms with Gasteiger partial charge in [0.1, 0.15) is 0 Å². The van der Waals surface area contributed by atoms with Crippen molar-refractivity contribution in [1.82, 2.24) is 9.88 Å². The van der Waals surface area contributed by atoms with Crippen LogP contribution in [0, 0.1) is 11.3 Å². The van der Waals surface area contributed by atoms with E-state index in [0.717, 1.165) is 37.7 Å². The predicted molar refractivity (Wildman–Crippen MR) is 74.3 cm³/mol. The summed E-state index contributed by atoms with van der Waals surface area (Å²) in [5.41, 5.74) is 0. The van der Waals surface area contributed by atoms with Gasteiger partial charge in [0.15, 0.2) is 11.6 Å². The number of hydrogen-bond acceptors (Lipinski definition) is 5. The zero-order valence-electron chi connectivity index (χ0n) is 11.5. The Balaban J connectivity index is 2.04. The molecule has 0 spiro atoms. The summed E-state index contributed by atoms with van der Waals surface area (Å²) in [7, 11) is 0. The highest BCUT2D eigenvalue weighted by atomic mass is 16.5. The second-order valence-electron chi connectivity index (χ2n) is 4.59. The fraction of sp³-hybridized carbons (Fsp3) is 0.571. The lowest BCUT2D eigenvalue weighted by molar-refractivity contribution is 0.230. The van der Waals surface area contributed by atoms with Crippen molar-refractivity contribution in [2.75, 3.05) is 37.7 Å². The summed E-state index contributed by atoms with van der Waals surface area (Å²) in [5.74, 6) is 1.75. The number of piperazine rings is 1. The summed E-state index contributed by atoms with van der Waals surface area (Å²) in [6.07, 6.45) is 1.79. The van der Waals surface area contributed by atoms with Crippen LogP contribution in [0.4, 0.5) is 5.82 Å². The molecule has 2 heterocycles. The van der Waals surface area contributed by atoms with Crippen LogP contribution in [0.15, 0.2) is 18.3 Å². The van der Waals surface area contributed by atoms with Gasteiger partial charge >= 0.3 is 0 Å². The van der Waals surface area contributed by atoms with Gasteiger partial charge < -0.3 is 9.64 Å². The van der Waals surface area contributed by atoms with Crippen molar-refractivity contribution in [3.63, 3.8) is 0 Å². The van der Waals surface area contributed by atoms with Crippen molar-refractivity contribution >= 4 is 5.82 Å². The molecule has 2 rings (SSSR count). The fourth-order valence-electron chi connectivity index (χ4n) is 2.29. The fourth-order valence-corrected chi connectivity index (χ4v) is 2.29. The van der Waals surface area contributed by atoms with Gasteiger partial charge in [-0.05, 0) is 26.0 Å². The van der Waals surface area contributed by atoms with E-state index in [-0.39, 0.29) is 6.04 Å². The van der Waals surface area contributed by atoms with Gasteiger partial charge in [-0.1, -0.05) is 0 Å². The van der Waals surface area contributed by atoms with Gasteiger partial charge in [-0.25, -0.2) is 4.98 Å². The van der Waals surface area contributed by atoms with Crippen LogP contribution in [0.1, 0.15) is 13.8 Å². The highest BCUT2D eigenvalue weighted by Gasteiger charge is 2.23. The Bertz CT molecular complexity index is 449. The highest BCUT2D eigenvalue weighted by molar-refractivity contribution is 5.52. The molecule has 0 aromatic carbocycles. The van der Waals surface area contributed by atoms with Crippen molar-refractivity contribution in [1.29, 1.82) is 5.26 Å². The first kappa shape index (κ1) is 13.6. The topological polar surface area (TPSA) is 52.4 Å². The van der Waals surface area contributed by atoms with Crippen LogP contribution in [0.25, 0.3) is 0 Å². The summed E-state index contributed by atoms with van der Waals surface area (Å²) in [6.45, 7) is 8.09. The molecule has 0 amide bonds. The summed E-state index contributed by atoms with van der Waals surface area (Å²) in [5, 5.41) is 8.95. The Hall–Kier alpha value is -1.80. The molecule has 1 atom stereocenters. The van der Waals surface area contributed by atoms with Crippen LogP contribution < -0.4 is 9.64 Å². The molecule has 1 aliphatic heterocycles. The van der Waals surface area contributed by atoms with Crippen molar-refractivity contribution in [2.45, 2.75) is 19.9 Å². The second kappa shape index (κ2) is 6.39. The molecule has 1 saturated heterocycles. The monoisotopic (exact) mass is 260 g/mol. The van der Waals surface area contributed by atoms with Crippen LogP contribution in [0.5, 0.6) is 5.75 Å². The summed E-state index contributed by atoms with van der Waals surface area (Å²) < 4.78 is 5.62. The van der Waals surface area contributed by atoms with Gasteiger partial charge in [-0.3, -0.25) is 4.90 Å². The Labute approximate surface area is 114 Å². The van der Waals surface area contributed by atoms with Crippen LogP contribution in [-0.2, 0) is 0 Å². The number of anilines is 1. The van der Waals surface area contributed by atoms with E-state index < -0.39 is 0 Å². The lowest BCUT2D eigenvalue weighted by atomic mass is 10.2. The third-order valence-corrected chi connectivity index (χ3v) is 3.40. The van der Waals surface area contributed by atoms with Crippen LogP contribution >= 0.6 is 0 Å². The van der Waals surface area contributed by atoms with E-state index in [1.807, 2.05) is 26.0 Å². The van der Waals surface area contributed by atoms with Crippen molar-refractivity contribution in [3.05, 3.63) is 18.3 Å². The van der Waals surface area contributed by atoms with E-state index in [1.165, 1.54) is 0 Å². The van der Waals surface area contributed by atoms with Gasteiger partial charge in [0.05, 0.1) is 18.7 Å². The third kappa shape index (κ3) is 3.15. The first-order valence-electron chi connectivity index (χ1n) is 6.72. The van der Waals surface area contributed by atoms with E-state index in [0.29, 0.717) is 6.61 Å². The number of hydrogen-bond donors (Lipinski definition) is 0. The summed E-state index contributed by atoms with van der Waals surface area (Å²) in [4.78, 5) is 8.85. The van der Waals surface area contributed by atoms with Gasteiger partial charge in [-0.15, -0.1) is 0 Å². The number of nitrogens with zero attached hydrogens (tertiary/aromatic N) is 4. The molecule has 0 aliphatic carbocycles. The summed E-state index contributed by atoms with van der Waals surface area (Å²) >= 11 is 0. The Morgan fingerprint density at radius 3 is 2.79 bits per heavy atom. The maximum Gasteiger partial charge on any atom is 0.171 e. The zero-order chi connectivity index (χ0) is 13.7. The average Bonchev–Trinajstić information content (AvgIpc) is 2.47. The van der Waals surface area contributed by atoms with E-state index in [2.05, 4.69) is 20.9 Å². The van der Waals surface area contributed by atoms with Crippen LogP contribution in [0.3, 0.4) is 0 Å². The molecule has 1 fully saturated rings.